The average Bonchev–Trinajstić information content (AvgIpc) is 3.11. The molecule has 3 nitrogen and oxygen atoms in total. The van der Waals surface area contributed by atoms with Gasteiger partial charge in [0.1, 0.15) is 0 Å². The first-order chi connectivity index (χ1) is 8.75. The van der Waals surface area contributed by atoms with Gasteiger partial charge in [0.2, 0.25) is 5.95 Å². The number of anilines is 1. The summed E-state index contributed by atoms with van der Waals surface area (Å²) in [5.74, 6) is 0.994. The van der Waals surface area contributed by atoms with Crippen LogP contribution in [0.4, 0.5) is 5.95 Å². The van der Waals surface area contributed by atoms with E-state index < -0.39 is 0 Å². The molecule has 1 aromatic carbocycles. The van der Waals surface area contributed by atoms with Crippen molar-refractivity contribution in [1.29, 1.82) is 0 Å². The number of imidazole rings is 1. The molecule has 0 amide bonds. The van der Waals surface area contributed by atoms with Crippen molar-refractivity contribution < 1.29 is 0 Å². The van der Waals surface area contributed by atoms with Crippen molar-refractivity contribution in [3.05, 3.63) is 47.8 Å². The average molecular weight is 241 g/mol. The second-order valence-corrected chi connectivity index (χ2v) is 5.11. The van der Waals surface area contributed by atoms with Gasteiger partial charge in [-0.3, -0.25) is 0 Å². The largest absolute Gasteiger partial charge is 0.349 e. The number of hydrogen-bond donors (Lipinski definition) is 1. The molecular weight excluding hydrogens is 222 g/mol. The van der Waals surface area contributed by atoms with E-state index in [1.165, 1.54) is 24.0 Å². The third-order valence-corrected chi connectivity index (χ3v) is 3.61. The van der Waals surface area contributed by atoms with Crippen molar-refractivity contribution in [2.45, 2.75) is 38.8 Å². The SMILES string of the molecule is Cc1ccccc1C(C)Nc1nccn1C1CC1. The standard InChI is InChI=1S/C15H19N3/c1-11-5-3-4-6-14(11)12(2)17-15-16-9-10-18(15)13-7-8-13/h3-6,9-10,12-13H,7-8H2,1-2H3,(H,16,17). The smallest absolute Gasteiger partial charge is 0.203 e. The molecule has 0 saturated heterocycles. The highest BCUT2D eigenvalue weighted by Crippen LogP contribution is 2.37. The normalized spacial score (nSPS) is 16.6. The van der Waals surface area contributed by atoms with Gasteiger partial charge in [-0.2, -0.15) is 0 Å². The summed E-state index contributed by atoms with van der Waals surface area (Å²) in [4.78, 5) is 4.42. The van der Waals surface area contributed by atoms with Crippen molar-refractivity contribution in [1.82, 2.24) is 9.55 Å². The van der Waals surface area contributed by atoms with E-state index in [1.807, 2.05) is 6.20 Å². The van der Waals surface area contributed by atoms with E-state index in [-0.39, 0.29) is 6.04 Å². The number of aryl methyl sites for hydroxylation is 1. The first-order valence-corrected chi connectivity index (χ1v) is 6.60. The fourth-order valence-corrected chi connectivity index (χ4v) is 2.42. The minimum absolute atomic E-state index is 0.283. The van der Waals surface area contributed by atoms with Crippen molar-refractivity contribution in [2.75, 3.05) is 5.32 Å². The van der Waals surface area contributed by atoms with Gasteiger partial charge in [0.05, 0.1) is 6.04 Å². The second-order valence-electron chi connectivity index (χ2n) is 5.11. The van der Waals surface area contributed by atoms with Crippen LogP contribution in [0.15, 0.2) is 36.7 Å². The molecule has 1 N–H and O–H groups in total. The minimum Gasteiger partial charge on any atom is -0.349 e. The fourth-order valence-electron chi connectivity index (χ4n) is 2.42. The molecule has 3 heteroatoms. The lowest BCUT2D eigenvalue weighted by molar-refractivity contribution is 0.726. The zero-order valence-electron chi connectivity index (χ0n) is 10.9. The van der Waals surface area contributed by atoms with Crippen LogP contribution < -0.4 is 5.32 Å². The molecule has 1 heterocycles. The fraction of sp³-hybridized carbons (Fsp3) is 0.400. The van der Waals surface area contributed by atoms with Gasteiger partial charge in [0.25, 0.3) is 0 Å². The second kappa shape index (κ2) is 4.48. The molecule has 1 aromatic heterocycles. The predicted molar refractivity (Wildman–Crippen MR) is 73.7 cm³/mol. The van der Waals surface area contributed by atoms with E-state index >= 15 is 0 Å². The highest BCUT2D eigenvalue weighted by atomic mass is 15.2. The van der Waals surface area contributed by atoms with Crippen molar-refractivity contribution in [2.24, 2.45) is 0 Å². The van der Waals surface area contributed by atoms with Crippen LogP contribution in [0.2, 0.25) is 0 Å². The number of nitrogens with one attached hydrogen (secondary N) is 1. The molecule has 1 fully saturated rings. The van der Waals surface area contributed by atoms with Crippen LogP contribution in [0.1, 0.15) is 43.0 Å². The molecule has 94 valence electrons. The third kappa shape index (κ3) is 2.13. The molecule has 3 rings (SSSR count). The van der Waals surface area contributed by atoms with Gasteiger partial charge in [-0.1, -0.05) is 24.3 Å². The first kappa shape index (κ1) is 11.3. The molecule has 0 aliphatic heterocycles. The summed E-state index contributed by atoms with van der Waals surface area (Å²) < 4.78 is 2.26. The highest BCUT2D eigenvalue weighted by Gasteiger charge is 2.25. The van der Waals surface area contributed by atoms with Crippen LogP contribution in [0.5, 0.6) is 0 Å². The Morgan fingerprint density at radius 1 is 1.33 bits per heavy atom. The summed E-state index contributed by atoms with van der Waals surface area (Å²) >= 11 is 0. The van der Waals surface area contributed by atoms with Crippen molar-refractivity contribution in [3.8, 4) is 0 Å². The number of benzene rings is 1. The topological polar surface area (TPSA) is 29.9 Å². The molecule has 1 aliphatic carbocycles. The zero-order valence-corrected chi connectivity index (χ0v) is 10.9. The summed E-state index contributed by atoms with van der Waals surface area (Å²) in [7, 11) is 0. The maximum Gasteiger partial charge on any atom is 0.203 e. The molecule has 2 aromatic rings. The summed E-state index contributed by atoms with van der Waals surface area (Å²) in [6.07, 6.45) is 6.52. The lowest BCUT2D eigenvalue weighted by Gasteiger charge is -2.18. The molecule has 1 saturated carbocycles. The van der Waals surface area contributed by atoms with Gasteiger partial charge < -0.3 is 9.88 Å². The molecule has 18 heavy (non-hydrogen) atoms. The van der Waals surface area contributed by atoms with Crippen LogP contribution >= 0.6 is 0 Å². The Kier molecular flexibility index (Phi) is 2.82. The zero-order chi connectivity index (χ0) is 12.5. The van der Waals surface area contributed by atoms with E-state index in [9.17, 15) is 0 Å². The van der Waals surface area contributed by atoms with Gasteiger partial charge in [0, 0.05) is 18.4 Å². The maximum absolute atomic E-state index is 4.42. The first-order valence-electron chi connectivity index (χ1n) is 6.60. The Morgan fingerprint density at radius 2 is 2.11 bits per heavy atom. The molecule has 1 atom stereocenters. The van der Waals surface area contributed by atoms with Crippen LogP contribution in [0, 0.1) is 6.92 Å². The Bertz CT molecular complexity index is 540. The highest BCUT2D eigenvalue weighted by molar-refractivity contribution is 5.37. The Labute approximate surface area is 108 Å². The Morgan fingerprint density at radius 3 is 2.83 bits per heavy atom. The lowest BCUT2D eigenvalue weighted by atomic mass is 10.0. The van der Waals surface area contributed by atoms with Gasteiger partial charge in [-0.15, -0.1) is 0 Å². The number of aromatic nitrogens is 2. The van der Waals surface area contributed by atoms with Gasteiger partial charge >= 0.3 is 0 Å². The molecule has 0 bridgehead atoms. The van der Waals surface area contributed by atoms with Gasteiger partial charge in [-0.25, -0.2) is 4.98 Å². The quantitative estimate of drug-likeness (QED) is 0.884. The summed E-state index contributed by atoms with van der Waals surface area (Å²) in [5.41, 5.74) is 2.66. The van der Waals surface area contributed by atoms with E-state index in [2.05, 4.69) is 59.2 Å². The van der Waals surface area contributed by atoms with E-state index in [4.69, 9.17) is 0 Å². The van der Waals surface area contributed by atoms with Crippen LogP contribution in [-0.2, 0) is 0 Å². The third-order valence-electron chi connectivity index (χ3n) is 3.61. The van der Waals surface area contributed by atoms with Gasteiger partial charge in [0.15, 0.2) is 0 Å². The lowest BCUT2D eigenvalue weighted by Crippen LogP contribution is -2.12. The molecule has 1 aliphatic rings. The molecular formula is C15H19N3. The van der Waals surface area contributed by atoms with Crippen LogP contribution in [0.3, 0.4) is 0 Å². The Hall–Kier alpha value is -1.77. The van der Waals surface area contributed by atoms with Crippen LogP contribution in [-0.4, -0.2) is 9.55 Å². The van der Waals surface area contributed by atoms with E-state index in [1.54, 1.807) is 0 Å². The van der Waals surface area contributed by atoms with E-state index in [0.29, 0.717) is 6.04 Å². The summed E-state index contributed by atoms with van der Waals surface area (Å²) in [6, 6.07) is 9.45. The predicted octanol–water partition coefficient (Wildman–Crippen LogP) is 3.70. The number of nitrogens with zero attached hydrogens (tertiary/aromatic N) is 2. The number of hydrogen-bond acceptors (Lipinski definition) is 2. The maximum atomic E-state index is 4.42. The van der Waals surface area contributed by atoms with Crippen molar-refractivity contribution >= 4 is 5.95 Å². The summed E-state index contributed by atoms with van der Waals surface area (Å²) in [5, 5.41) is 3.52. The monoisotopic (exact) mass is 241 g/mol. The molecule has 0 radical (unpaired) electrons. The number of rotatable bonds is 4. The van der Waals surface area contributed by atoms with E-state index in [0.717, 1.165) is 5.95 Å². The summed E-state index contributed by atoms with van der Waals surface area (Å²) in [6.45, 7) is 4.34. The Balaban J connectivity index is 1.79. The molecule has 1 unspecified atom stereocenters. The molecule has 0 spiro atoms. The van der Waals surface area contributed by atoms with Crippen molar-refractivity contribution in [3.63, 3.8) is 0 Å². The van der Waals surface area contributed by atoms with Gasteiger partial charge in [-0.05, 0) is 37.8 Å². The van der Waals surface area contributed by atoms with Crippen LogP contribution in [0.25, 0.3) is 0 Å². The minimum atomic E-state index is 0.283.